The number of ether oxygens (including phenoxy) is 2. The van der Waals surface area contributed by atoms with Gasteiger partial charge in [-0.25, -0.2) is 4.79 Å². The van der Waals surface area contributed by atoms with Gasteiger partial charge in [-0.1, -0.05) is 24.3 Å². The molecule has 178 valence electrons. The number of alkyl halides is 3. The summed E-state index contributed by atoms with van der Waals surface area (Å²) < 4.78 is 51.2. The van der Waals surface area contributed by atoms with Crippen molar-refractivity contribution in [3.8, 4) is 11.3 Å². The van der Waals surface area contributed by atoms with Crippen LogP contribution in [0.25, 0.3) is 22.0 Å². The number of carbonyl (C=O) groups excluding carboxylic acids is 1. The summed E-state index contributed by atoms with van der Waals surface area (Å²) >= 11 is 0. The minimum Gasteiger partial charge on any atom is -0.443 e. The highest BCUT2D eigenvalue weighted by atomic mass is 19.4. The van der Waals surface area contributed by atoms with E-state index in [2.05, 4.69) is 9.88 Å². The van der Waals surface area contributed by atoms with Crippen LogP contribution in [0, 0.1) is 0 Å². The van der Waals surface area contributed by atoms with E-state index in [1.54, 1.807) is 18.2 Å². The van der Waals surface area contributed by atoms with Crippen LogP contribution in [0.3, 0.4) is 0 Å². The number of H-pyrrole nitrogens is 1. The van der Waals surface area contributed by atoms with Crippen molar-refractivity contribution in [2.24, 2.45) is 0 Å². The lowest BCUT2D eigenvalue weighted by molar-refractivity contribution is -0.137. The Morgan fingerprint density at radius 2 is 1.79 bits per heavy atom. The molecule has 7 nitrogen and oxygen atoms in total. The Morgan fingerprint density at radius 3 is 2.56 bits per heavy atom. The van der Waals surface area contributed by atoms with E-state index in [0.29, 0.717) is 37.4 Å². The van der Waals surface area contributed by atoms with Crippen LogP contribution in [0.5, 0.6) is 0 Å². The van der Waals surface area contributed by atoms with Gasteiger partial charge in [-0.05, 0) is 29.7 Å². The largest absolute Gasteiger partial charge is 0.443 e. The van der Waals surface area contributed by atoms with E-state index in [0.717, 1.165) is 19.2 Å². The second-order valence-corrected chi connectivity index (χ2v) is 8.36. The molecular formula is C24H22F3N3O4. The number of anilines is 1. The van der Waals surface area contributed by atoms with Crippen LogP contribution < -0.4 is 10.5 Å². The number of hydrogen-bond donors (Lipinski definition) is 1. The van der Waals surface area contributed by atoms with Gasteiger partial charge in [0.2, 0.25) is 0 Å². The molecule has 2 saturated heterocycles. The molecule has 2 aliphatic rings. The first-order chi connectivity index (χ1) is 16.3. The van der Waals surface area contributed by atoms with Gasteiger partial charge >= 0.3 is 12.3 Å². The molecule has 2 aliphatic heterocycles. The first-order valence-electron chi connectivity index (χ1n) is 10.9. The van der Waals surface area contributed by atoms with Crippen LogP contribution in [-0.2, 0) is 15.7 Å². The van der Waals surface area contributed by atoms with E-state index >= 15 is 0 Å². The topological polar surface area (TPSA) is 74.9 Å². The number of hydrogen-bond acceptors (Lipinski definition) is 5. The molecule has 10 heteroatoms. The summed E-state index contributed by atoms with van der Waals surface area (Å²) in [7, 11) is 0. The molecule has 1 atom stereocenters. The monoisotopic (exact) mass is 473 g/mol. The number of pyridine rings is 1. The van der Waals surface area contributed by atoms with Crippen molar-refractivity contribution < 1.29 is 27.4 Å². The van der Waals surface area contributed by atoms with Gasteiger partial charge in [0.15, 0.2) is 0 Å². The normalized spacial score (nSPS) is 19.6. The fourth-order valence-electron chi connectivity index (χ4n) is 4.43. The highest BCUT2D eigenvalue weighted by Crippen LogP contribution is 2.36. The van der Waals surface area contributed by atoms with Crippen molar-refractivity contribution >= 4 is 22.6 Å². The van der Waals surface area contributed by atoms with Gasteiger partial charge in [0.05, 0.1) is 25.3 Å². The van der Waals surface area contributed by atoms with Crippen LogP contribution in [0.1, 0.15) is 5.56 Å². The molecule has 0 bridgehead atoms. The number of carbonyl (C=O) groups is 1. The number of amides is 1. The zero-order chi connectivity index (χ0) is 23.9. The molecule has 34 heavy (non-hydrogen) atoms. The molecule has 5 rings (SSSR count). The molecule has 2 fully saturated rings. The van der Waals surface area contributed by atoms with Crippen molar-refractivity contribution in [2.75, 3.05) is 44.3 Å². The van der Waals surface area contributed by atoms with Gasteiger partial charge < -0.3 is 14.5 Å². The van der Waals surface area contributed by atoms with Crippen LogP contribution in [0.2, 0.25) is 0 Å². The molecule has 2 aromatic carbocycles. The van der Waals surface area contributed by atoms with E-state index < -0.39 is 23.4 Å². The Morgan fingerprint density at radius 1 is 1.03 bits per heavy atom. The highest BCUT2D eigenvalue weighted by Gasteiger charge is 2.35. The highest BCUT2D eigenvalue weighted by molar-refractivity contribution is 5.94. The van der Waals surface area contributed by atoms with Crippen LogP contribution in [-0.4, -0.2) is 61.5 Å². The Bertz CT molecular complexity index is 1280. The fraction of sp³-hybridized carbons (Fsp3) is 0.333. The number of aromatic amines is 1. The third kappa shape index (κ3) is 4.38. The number of benzene rings is 2. The summed E-state index contributed by atoms with van der Waals surface area (Å²) in [5, 5.41) is 0.743. The average Bonchev–Trinajstić information content (AvgIpc) is 3.18. The third-order valence-corrected chi connectivity index (χ3v) is 6.10. The molecular weight excluding hydrogens is 451 g/mol. The smallest absolute Gasteiger partial charge is 0.417 e. The summed E-state index contributed by atoms with van der Waals surface area (Å²) in [5.74, 6) is 0. The molecule has 3 heterocycles. The van der Waals surface area contributed by atoms with E-state index in [9.17, 15) is 22.8 Å². The number of rotatable bonds is 4. The zero-order valence-electron chi connectivity index (χ0n) is 18.1. The van der Waals surface area contributed by atoms with Gasteiger partial charge in [-0.2, -0.15) is 13.2 Å². The fourth-order valence-corrected chi connectivity index (χ4v) is 4.43. The number of nitrogens with zero attached hydrogens (tertiary/aromatic N) is 2. The maximum absolute atomic E-state index is 13.4. The quantitative estimate of drug-likeness (QED) is 0.623. The molecule has 0 saturated carbocycles. The molecule has 0 spiro atoms. The predicted octanol–water partition coefficient (Wildman–Crippen LogP) is 3.87. The molecule has 3 aromatic rings. The van der Waals surface area contributed by atoms with Crippen molar-refractivity contribution in [1.29, 1.82) is 0 Å². The summed E-state index contributed by atoms with van der Waals surface area (Å²) in [4.78, 5) is 31.5. The Labute approximate surface area is 192 Å². The number of cyclic esters (lactones) is 1. The van der Waals surface area contributed by atoms with E-state index in [-0.39, 0.29) is 22.7 Å². The molecule has 1 amide bonds. The summed E-state index contributed by atoms with van der Waals surface area (Å²) in [5.41, 5.74) is -0.899. The number of morpholine rings is 1. The first-order valence-corrected chi connectivity index (χ1v) is 10.9. The number of aromatic nitrogens is 1. The zero-order valence-corrected chi connectivity index (χ0v) is 18.1. The number of halogens is 3. The molecule has 0 unspecified atom stereocenters. The second kappa shape index (κ2) is 8.77. The van der Waals surface area contributed by atoms with Crippen molar-refractivity contribution in [3.05, 3.63) is 64.4 Å². The summed E-state index contributed by atoms with van der Waals surface area (Å²) in [6, 6.07) is 11.5. The number of fused-ring (bicyclic) bond motifs is 1. The third-order valence-electron chi connectivity index (χ3n) is 6.10. The van der Waals surface area contributed by atoms with Gasteiger partial charge in [0.25, 0.3) is 5.56 Å². The second-order valence-electron chi connectivity index (χ2n) is 8.36. The summed E-state index contributed by atoms with van der Waals surface area (Å²) in [6.45, 7) is 3.79. The Balaban J connectivity index is 1.42. The SMILES string of the molecule is O=C1O[C@H](CN2CCOCC2)CN1c1ccc2cc(-c3ccccc3C(F)(F)F)[nH]c(=O)c2c1. The lowest BCUT2D eigenvalue weighted by Crippen LogP contribution is -2.42. The minimum absolute atomic E-state index is 0.0735. The number of nitrogens with one attached hydrogen (secondary N) is 1. The predicted molar refractivity (Wildman–Crippen MR) is 120 cm³/mol. The Hall–Kier alpha value is -3.37. The van der Waals surface area contributed by atoms with E-state index in [4.69, 9.17) is 9.47 Å². The average molecular weight is 473 g/mol. The molecule has 1 aromatic heterocycles. The van der Waals surface area contributed by atoms with Crippen LogP contribution >= 0.6 is 0 Å². The van der Waals surface area contributed by atoms with Crippen molar-refractivity contribution in [3.63, 3.8) is 0 Å². The van der Waals surface area contributed by atoms with Crippen LogP contribution in [0.4, 0.5) is 23.7 Å². The summed E-state index contributed by atoms with van der Waals surface area (Å²) in [6.07, 6.45) is -5.36. The van der Waals surface area contributed by atoms with Gasteiger partial charge in [0.1, 0.15) is 6.10 Å². The lowest BCUT2D eigenvalue weighted by Gasteiger charge is -2.28. The first kappa shape index (κ1) is 22.4. The van der Waals surface area contributed by atoms with Gasteiger partial charge in [-0.3, -0.25) is 14.6 Å². The molecule has 1 N–H and O–H groups in total. The van der Waals surface area contributed by atoms with Crippen molar-refractivity contribution in [1.82, 2.24) is 9.88 Å². The maximum Gasteiger partial charge on any atom is 0.417 e. The Kier molecular flexibility index (Phi) is 5.78. The van der Waals surface area contributed by atoms with Gasteiger partial charge in [0, 0.05) is 42.0 Å². The van der Waals surface area contributed by atoms with Crippen LogP contribution in [0.15, 0.2) is 53.3 Å². The lowest BCUT2D eigenvalue weighted by atomic mass is 10.0. The van der Waals surface area contributed by atoms with E-state index in [1.165, 1.54) is 29.2 Å². The van der Waals surface area contributed by atoms with E-state index in [1.807, 2.05) is 0 Å². The van der Waals surface area contributed by atoms with Gasteiger partial charge in [-0.15, -0.1) is 0 Å². The molecule has 0 radical (unpaired) electrons. The minimum atomic E-state index is -4.56. The maximum atomic E-state index is 13.4. The van der Waals surface area contributed by atoms with Crippen molar-refractivity contribution in [2.45, 2.75) is 12.3 Å². The molecule has 0 aliphatic carbocycles. The standard InChI is InChI=1S/C24H22F3N3O4/c25-24(26,27)20-4-2-1-3-18(20)21-11-15-5-6-16(12-19(15)22(31)28-21)30-14-17(34-23(30)32)13-29-7-9-33-10-8-29/h1-6,11-12,17H,7-10,13-14H2,(H,28,31)/t17-/m1/s1.